The van der Waals surface area contributed by atoms with Gasteiger partial charge in [0.2, 0.25) is 5.91 Å². The number of piperazine rings is 1. The lowest BCUT2D eigenvalue weighted by atomic mass is 10.1. The fraction of sp³-hybridized carbons (Fsp3) is 0.389. The summed E-state index contributed by atoms with van der Waals surface area (Å²) in [6.45, 7) is 3.96. The molecular weight excluding hydrogens is 452 g/mol. The second-order valence-corrected chi connectivity index (χ2v) is 10.7. The molecule has 0 N–H and O–H groups in total. The van der Waals surface area contributed by atoms with Crippen LogP contribution in [0.5, 0.6) is 5.75 Å². The lowest BCUT2D eigenvalue weighted by Crippen LogP contribution is -2.50. The van der Waals surface area contributed by atoms with E-state index >= 15 is 0 Å². The van der Waals surface area contributed by atoms with Gasteiger partial charge in [-0.05, 0) is 52.7 Å². The zero-order valence-electron chi connectivity index (χ0n) is 14.9. The maximum atomic E-state index is 12.7. The van der Waals surface area contributed by atoms with Gasteiger partial charge in [0.25, 0.3) is 10.0 Å². The third-order valence-corrected chi connectivity index (χ3v) is 8.31. The number of rotatable bonds is 6. The Kier molecular flexibility index (Phi) is 6.56. The highest BCUT2D eigenvalue weighted by atomic mass is 79.9. The number of amides is 1. The van der Waals surface area contributed by atoms with Crippen LogP contribution in [0, 0.1) is 0 Å². The molecule has 0 spiro atoms. The zero-order valence-corrected chi connectivity index (χ0v) is 18.1. The number of thiophene rings is 1. The SMILES string of the molecule is CCOc1ccc(CC(=O)N2CCN(S(=O)(=O)c3ccc(Br)s3)CC2)cc1. The molecule has 0 unspecified atom stereocenters. The normalized spacial score (nSPS) is 15.7. The minimum atomic E-state index is -3.49. The van der Waals surface area contributed by atoms with Crippen LogP contribution in [0.4, 0.5) is 0 Å². The number of carbonyl (C=O) groups excluding carboxylic acids is 1. The molecule has 27 heavy (non-hydrogen) atoms. The molecule has 1 aliphatic heterocycles. The molecule has 0 saturated carbocycles. The van der Waals surface area contributed by atoms with Gasteiger partial charge in [-0.2, -0.15) is 4.31 Å². The Labute approximate surface area is 171 Å². The predicted molar refractivity (Wildman–Crippen MR) is 109 cm³/mol. The minimum Gasteiger partial charge on any atom is -0.494 e. The molecule has 146 valence electrons. The number of hydrogen-bond donors (Lipinski definition) is 0. The van der Waals surface area contributed by atoms with Gasteiger partial charge in [0.05, 0.1) is 16.8 Å². The van der Waals surface area contributed by atoms with Crippen molar-refractivity contribution in [1.29, 1.82) is 0 Å². The topological polar surface area (TPSA) is 66.9 Å². The highest BCUT2D eigenvalue weighted by molar-refractivity contribution is 9.11. The van der Waals surface area contributed by atoms with E-state index in [4.69, 9.17) is 4.74 Å². The average molecular weight is 473 g/mol. The first kappa shape index (κ1) is 20.3. The summed E-state index contributed by atoms with van der Waals surface area (Å²) in [5, 5.41) is 0. The summed E-state index contributed by atoms with van der Waals surface area (Å²) >= 11 is 4.49. The van der Waals surface area contributed by atoms with E-state index in [1.165, 1.54) is 15.6 Å². The van der Waals surface area contributed by atoms with Crippen molar-refractivity contribution in [2.45, 2.75) is 17.6 Å². The summed E-state index contributed by atoms with van der Waals surface area (Å²) in [6, 6.07) is 10.8. The second kappa shape index (κ2) is 8.72. The molecule has 1 aromatic heterocycles. The van der Waals surface area contributed by atoms with E-state index in [0.29, 0.717) is 43.4 Å². The van der Waals surface area contributed by atoms with Crippen molar-refractivity contribution in [1.82, 2.24) is 9.21 Å². The Morgan fingerprint density at radius 1 is 1.11 bits per heavy atom. The van der Waals surface area contributed by atoms with E-state index in [2.05, 4.69) is 15.9 Å². The van der Waals surface area contributed by atoms with Gasteiger partial charge in [0.15, 0.2) is 0 Å². The number of halogens is 1. The third kappa shape index (κ3) is 4.90. The number of nitrogens with zero attached hydrogens (tertiary/aromatic N) is 2. The molecule has 9 heteroatoms. The van der Waals surface area contributed by atoms with Crippen LogP contribution >= 0.6 is 27.3 Å². The Hall–Kier alpha value is -1.42. The summed E-state index contributed by atoms with van der Waals surface area (Å²) in [5.74, 6) is 0.794. The minimum absolute atomic E-state index is 0.00933. The van der Waals surface area contributed by atoms with Crippen molar-refractivity contribution in [3.05, 3.63) is 45.7 Å². The second-order valence-electron chi connectivity index (χ2n) is 6.10. The van der Waals surface area contributed by atoms with Gasteiger partial charge in [0.1, 0.15) is 9.96 Å². The predicted octanol–water partition coefficient (Wildman–Crippen LogP) is 2.98. The maximum absolute atomic E-state index is 12.7. The number of benzene rings is 1. The largest absolute Gasteiger partial charge is 0.494 e. The summed E-state index contributed by atoms with van der Waals surface area (Å²) in [5.41, 5.74) is 0.918. The molecule has 1 aromatic carbocycles. The van der Waals surface area contributed by atoms with Crippen LogP contribution in [0.1, 0.15) is 12.5 Å². The summed E-state index contributed by atoms with van der Waals surface area (Å²) in [7, 11) is -3.49. The molecule has 6 nitrogen and oxygen atoms in total. The molecular formula is C18H21BrN2O4S2. The fourth-order valence-corrected chi connectivity index (χ4v) is 6.48. The van der Waals surface area contributed by atoms with Gasteiger partial charge in [-0.3, -0.25) is 4.79 Å². The molecule has 1 amide bonds. The van der Waals surface area contributed by atoms with Crippen LogP contribution in [0.15, 0.2) is 44.4 Å². The Morgan fingerprint density at radius 3 is 2.33 bits per heavy atom. The summed E-state index contributed by atoms with van der Waals surface area (Å²) in [4.78, 5) is 14.3. The first-order chi connectivity index (χ1) is 12.9. The molecule has 1 aliphatic rings. The van der Waals surface area contributed by atoms with E-state index in [0.717, 1.165) is 15.1 Å². The van der Waals surface area contributed by atoms with Crippen molar-refractivity contribution in [3.8, 4) is 5.75 Å². The van der Waals surface area contributed by atoms with Gasteiger partial charge in [0, 0.05) is 26.2 Å². The van der Waals surface area contributed by atoms with E-state index in [9.17, 15) is 13.2 Å². The van der Waals surface area contributed by atoms with Gasteiger partial charge in [-0.1, -0.05) is 12.1 Å². The molecule has 2 heterocycles. The number of carbonyl (C=O) groups is 1. The molecule has 0 radical (unpaired) electrons. The van der Waals surface area contributed by atoms with Crippen LogP contribution in [0.2, 0.25) is 0 Å². The van der Waals surface area contributed by atoms with Crippen molar-refractivity contribution >= 4 is 43.2 Å². The first-order valence-corrected chi connectivity index (χ1v) is 11.7. The molecule has 2 aromatic rings. The van der Waals surface area contributed by atoms with E-state index < -0.39 is 10.0 Å². The van der Waals surface area contributed by atoms with Crippen LogP contribution < -0.4 is 4.74 Å². The standard InChI is InChI=1S/C18H21BrN2O4S2/c1-2-25-15-5-3-14(4-6-15)13-17(22)20-9-11-21(12-10-20)27(23,24)18-8-7-16(19)26-18/h3-8H,2,9-13H2,1H3. The lowest BCUT2D eigenvalue weighted by Gasteiger charge is -2.33. The van der Waals surface area contributed by atoms with Crippen LogP contribution in [0.25, 0.3) is 0 Å². The van der Waals surface area contributed by atoms with Crippen molar-refractivity contribution in [2.24, 2.45) is 0 Å². The van der Waals surface area contributed by atoms with Gasteiger partial charge < -0.3 is 9.64 Å². The first-order valence-electron chi connectivity index (χ1n) is 8.65. The van der Waals surface area contributed by atoms with Crippen molar-refractivity contribution in [3.63, 3.8) is 0 Å². The lowest BCUT2D eigenvalue weighted by molar-refractivity contribution is -0.131. The Morgan fingerprint density at radius 2 is 1.78 bits per heavy atom. The van der Waals surface area contributed by atoms with Crippen LogP contribution in [0.3, 0.4) is 0 Å². The summed E-state index contributed by atoms with van der Waals surface area (Å²) in [6.07, 6.45) is 0.303. The molecule has 3 rings (SSSR count). The van der Waals surface area contributed by atoms with E-state index in [-0.39, 0.29) is 5.91 Å². The van der Waals surface area contributed by atoms with Crippen molar-refractivity contribution in [2.75, 3.05) is 32.8 Å². The van der Waals surface area contributed by atoms with Crippen LogP contribution in [-0.4, -0.2) is 56.3 Å². The van der Waals surface area contributed by atoms with Crippen LogP contribution in [-0.2, 0) is 21.2 Å². The number of hydrogen-bond acceptors (Lipinski definition) is 5. The van der Waals surface area contributed by atoms with Gasteiger partial charge in [-0.15, -0.1) is 11.3 Å². The molecule has 1 saturated heterocycles. The number of ether oxygens (including phenoxy) is 1. The number of sulfonamides is 1. The highest BCUT2D eigenvalue weighted by Gasteiger charge is 2.31. The molecule has 1 fully saturated rings. The van der Waals surface area contributed by atoms with Gasteiger partial charge in [-0.25, -0.2) is 8.42 Å². The Bertz CT molecular complexity index is 888. The van der Waals surface area contributed by atoms with Gasteiger partial charge >= 0.3 is 0 Å². The zero-order chi connectivity index (χ0) is 19.4. The quantitative estimate of drug-likeness (QED) is 0.647. The van der Waals surface area contributed by atoms with E-state index in [1.807, 2.05) is 31.2 Å². The van der Waals surface area contributed by atoms with E-state index in [1.54, 1.807) is 17.0 Å². The molecule has 0 bridgehead atoms. The van der Waals surface area contributed by atoms with Crippen molar-refractivity contribution < 1.29 is 17.9 Å². The maximum Gasteiger partial charge on any atom is 0.252 e. The fourth-order valence-electron chi connectivity index (χ4n) is 2.90. The molecule has 0 atom stereocenters. The monoisotopic (exact) mass is 472 g/mol. The summed E-state index contributed by atoms with van der Waals surface area (Å²) < 4.78 is 33.3. The molecule has 0 aliphatic carbocycles. The Balaban J connectivity index is 1.56. The average Bonchev–Trinajstić information content (AvgIpc) is 3.11. The highest BCUT2D eigenvalue weighted by Crippen LogP contribution is 2.29. The smallest absolute Gasteiger partial charge is 0.252 e. The third-order valence-electron chi connectivity index (χ3n) is 4.32.